The normalized spacial score (nSPS) is 26.4. The van der Waals surface area contributed by atoms with Gasteiger partial charge >= 0.3 is 69.4 Å². The van der Waals surface area contributed by atoms with E-state index in [9.17, 15) is 86.1 Å². The van der Waals surface area contributed by atoms with E-state index in [1.165, 1.54) is 0 Å². The third-order valence-corrected chi connectivity index (χ3v) is 6.46. The minimum atomic E-state index is -6.68. The topological polar surface area (TPSA) is 435 Å². The van der Waals surface area contributed by atoms with Crippen molar-refractivity contribution in [3.05, 3.63) is 0 Å². The Hall–Kier alpha value is 2.79. The molecule has 0 aliphatic heterocycles. The van der Waals surface area contributed by atoms with Crippen LogP contribution in [0.25, 0.3) is 0 Å². The summed E-state index contributed by atoms with van der Waals surface area (Å²) in [4.78, 5) is 133. The number of rotatable bonds is 12. The predicted octanol–water partition coefficient (Wildman–Crippen LogP) is -12.2. The van der Waals surface area contributed by atoms with Crippen LogP contribution in [0.3, 0.4) is 0 Å². The van der Waals surface area contributed by atoms with Crippen molar-refractivity contribution in [2.45, 2.75) is 36.6 Å². The first-order valence-corrected chi connectivity index (χ1v) is 16.6. The summed E-state index contributed by atoms with van der Waals surface area (Å²) < 4.78 is 88.3. The van der Waals surface area contributed by atoms with Crippen LogP contribution in [-0.4, -0.2) is 106 Å². The van der Waals surface area contributed by atoms with E-state index in [0.29, 0.717) is 0 Å². The molecule has 24 nitrogen and oxygen atoms in total. The molecule has 0 atom stereocenters. The van der Waals surface area contributed by atoms with E-state index in [2.05, 4.69) is 27.1 Å². The van der Waals surface area contributed by atoms with Crippen LogP contribution in [0, 0.1) is 0 Å². The zero-order valence-electron chi connectivity index (χ0n) is 18.3. The SMILES string of the molecule is O=P([O-])([O-])O[C@H]1[C@H](OP(=O)([O-])[O-])[C@@H](OP(=O)([O-])[O-])[C@H](OP(=O)([O-])[O-])[C@@H](OP(=O)([O-])[O-])[C@H]1OP(=O)([O-])[O-].[Al+3].[Al+3].[Al+3].[Al+3]. The second kappa shape index (κ2) is 17.6. The molecule has 0 saturated heterocycles. The van der Waals surface area contributed by atoms with Gasteiger partial charge in [-0.15, -0.1) is 0 Å². The first kappa shape index (κ1) is 49.7. The second-order valence-electron chi connectivity index (χ2n) is 6.10. The standard InChI is InChI=1S/C6H18O24P6.4Al/c7-31(8,9)25-1-2(26-32(10,11)12)4(28-34(16,17)18)6(30-36(22,23)24)5(29-35(19,20)21)3(1)27-33(13,14)15;;;;/h1-6H,(H2,7,8,9)(H2,10,11,12)(H2,13,14,15)(H2,16,17,18)(H2,19,20,21)(H2,22,23,24);;;;/q;4*+3/p-12/t1-,2-,3-,4+,5-,6-;;;;. The Kier molecular flexibility index (Phi) is 21.9. The van der Waals surface area contributed by atoms with Crippen LogP contribution >= 0.6 is 46.9 Å². The molecule has 0 aromatic carbocycles. The molecule has 1 aliphatic rings. The van der Waals surface area contributed by atoms with Gasteiger partial charge in [0, 0.05) is 0 Å². The van der Waals surface area contributed by atoms with Crippen LogP contribution in [0.1, 0.15) is 0 Å². The fourth-order valence-corrected chi connectivity index (χ4v) is 5.96. The van der Waals surface area contributed by atoms with Gasteiger partial charge in [0.15, 0.2) is 0 Å². The first-order valence-electron chi connectivity index (χ1n) is 7.80. The molecular formula is C6H6Al4O24P6. The minimum Gasteiger partial charge on any atom is -0.790 e. The maximum absolute atomic E-state index is 11.1. The summed E-state index contributed by atoms with van der Waals surface area (Å²) in [6.07, 6.45) is -21.5. The smallest absolute Gasteiger partial charge is 0.790 e. The fourth-order valence-electron chi connectivity index (χ4n) is 2.74. The molecule has 0 aromatic heterocycles. The largest absolute Gasteiger partial charge is 3.00 e. The molecule has 0 N–H and O–H groups in total. The maximum atomic E-state index is 11.1. The minimum absolute atomic E-state index is 0. The Morgan fingerprint density at radius 3 is 0.400 bits per heavy atom. The van der Waals surface area contributed by atoms with Gasteiger partial charge < -0.3 is 113 Å². The molecule has 1 saturated carbocycles. The average Bonchev–Trinajstić information content (AvgIpc) is 2.51. The molecule has 0 unspecified atom stereocenters. The van der Waals surface area contributed by atoms with Crippen molar-refractivity contribution in [3.8, 4) is 0 Å². The molecule has 0 heterocycles. The third kappa shape index (κ3) is 20.0. The zero-order chi connectivity index (χ0) is 28.7. The summed E-state index contributed by atoms with van der Waals surface area (Å²) in [5.74, 6) is 0. The summed E-state index contributed by atoms with van der Waals surface area (Å²) in [5, 5.41) is 0. The number of phosphoric acid groups is 6. The summed E-state index contributed by atoms with van der Waals surface area (Å²) in [6, 6.07) is 0. The zero-order valence-corrected chi connectivity index (χ0v) is 28.2. The Morgan fingerprint density at radius 1 is 0.275 bits per heavy atom. The van der Waals surface area contributed by atoms with Gasteiger partial charge in [-0.1, -0.05) is 0 Å². The summed E-state index contributed by atoms with van der Waals surface area (Å²) in [7, 11) is -40.1. The van der Waals surface area contributed by atoms with Crippen molar-refractivity contribution in [1.29, 1.82) is 0 Å². The monoisotopic (exact) mass is 756 g/mol. The van der Waals surface area contributed by atoms with Crippen LogP contribution in [-0.2, 0) is 54.5 Å². The molecule has 0 amide bonds. The van der Waals surface area contributed by atoms with E-state index in [4.69, 9.17) is 0 Å². The van der Waals surface area contributed by atoms with Gasteiger partial charge in [0.05, 0.1) is 46.9 Å². The average molecular weight is 756 g/mol. The van der Waals surface area contributed by atoms with E-state index in [1.807, 2.05) is 0 Å². The van der Waals surface area contributed by atoms with Gasteiger partial charge in [-0.25, -0.2) is 0 Å². The van der Waals surface area contributed by atoms with Crippen molar-refractivity contribution in [2.75, 3.05) is 0 Å². The molecule has 0 spiro atoms. The van der Waals surface area contributed by atoms with Crippen molar-refractivity contribution >= 4 is 116 Å². The van der Waals surface area contributed by atoms with Crippen LogP contribution in [0.2, 0.25) is 0 Å². The van der Waals surface area contributed by atoms with Gasteiger partial charge in [-0.2, -0.15) is 0 Å². The Labute approximate surface area is 265 Å². The van der Waals surface area contributed by atoms with Crippen molar-refractivity contribution in [1.82, 2.24) is 0 Å². The molecule has 1 aliphatic carbocycles. The number of hydrogen-bond donors (Lipinski definition) is 0. The van der Waals surface area contributed by atoms with Crippen LogP contribution in [0.4, 0.5) is 0 Å². The number of phosphoric ester groups is 6. The fraction of sp³-hybridized carbons (Fsp3) is 1.00. The van der Waals surface area contributed by atoms with Crippen LogP contribution in [0.15, 0.2) is 0 Å². The molecule has 40 heavy (non-hydrogen) atoms. The van der Waals surface area contributed by atoms with Crippen molar-refractivity contribution in [2.24, 2.45) is 0 Å². The Balaban J connectivity index is -0.00000162. The molecule has 0 aromatic rings. The number of hydrogen-bond acceptors (Lipinski definition) is 24. The predicted molar refractivity (Wildman–Crippen MR) is 97.9 cm³/mol. The quantitative estimate of drug-likeness (QED) is 0.132. The molecule has 34 heteroatoms. The van der Waals surface area contributed by atoms with E-state index in [1.54, 1.807) is 0 Å². The molecule has 1 fully saturated rings. The van der Waals surface area contributed by atoms with Gasteiger partial charge in [0.1, 0.15) is 36.6 Å². The van der Waals surface area contributed by atoms with E-state index >= 15 is 0 Å². The molecular weight excluding hydrogens is 750 g/mol. The Morgan fingerprint density at radius 2 is 0.350 bits per heavy atom. The third-order valence-electron chi connectivity index (χ3n) is 3.45. The van der Waals surface area contributed by atoms with E-state index < -0.39 is 83.6 Å². The van der Waals surface area contributed by atoms with Crippen LogP contribution < -0.4 is 58.7 Å². The van der Waals surface area contributed by atoms with E-state index in [-0.39, 0.29) is 69.4 Å². The molecule has 0 radical (unpaired) electrons. The van der Waals surface area contributed by atoms with Gasteiger partial charge in [-0.3, -0.25) is 0 Å². The van der Waals surface area contributed by atoms with Crippen molar-refractivity contribution < 1.29 is 113 Å². The molecule has 0 bridgehead atoms. The summed E-state index contributed by atoms with van der Waals surface area (Å²) in [5.41, 5.74) is 0. The van der Waals surface area contributed by atoms with Gasteiger partial charge in [0.2, 0.25) is 0 Å². The summed E-state index contributed by atoms with van der Waals surface area (Å²) >= 11 is 0. The second-order valence-corrected chi connectivity index (χ2v) is 12.7. The first-order chi connectivity index (χ1) is 15.6. The van der Waals surface area contributed by atoms with Gasteiger partial charge in [-0.05, 0) is 0 Å². The Bertz CT molecular complexity index is 837. The van der Waals surface area contributed by atoms with Crippen LogP contribution in [0.5, 0.6) is 0 Å². The molecule has 1 rings (SSSR count). The van der Waals surface area contributed by atoms with E-state index in [0.717, 1.165) is 0 Å². The van der Waals surface area contributed by atoms with Crippen molar-refractivity contribution in [3.63, 3.8) is 0 Å². The maximum Gasteiger partial charge on any atom is 3.00 e. The summed E-state index contributed by atoms with van der Waals surface area (Å²) in [6.45, 7) is 0. The van der Waals surface area contributed by atoms with Gasteiger partial charge in [0.25, 0.3) is 0 Å². The molecule has 216 valence electrons.